The van der Waals surface area contributed by atoms with Gasteiger partial charge < -0.3 is 23.8 Å². The Labute approximate surface area is 244 Å². The second kappa shape index (κ2) is 12.5. The van der Waals surface area contributed by atoms with Crippen molar-refractivity contribution in [1.82, 2.24) is 4.90 Å². The number of esters is 1. The molecular formula is C31H38F2N2O7. The molecule has 2 heterocycles. The van der Waals surface area contributed by atoms with Crippen LogP contribution in [0.3, 0.4) is 0 Å². The Morgan fingerprint density at radius 2 is 1.74 bits per heavy atom. The van der Waals surface area contributed by atoms with E-state index in [1.807, 2.05) is 26.0 Å². The van der Waals surface area contributed by atoms with E-state index in [2.05, 4.69) is 0 Å². The molecule has 2 aliphatic rings. The fraction of sp³-hybridized carbons (Fsp3) is 0.516. The molecule has 0 radical (unpaired) electrons. The lowest BCUT2D eigenvalue weighted by Crippen LogP contribution is -2.53. The van der Waals surface area contributed by atoms with Crippen molar-refractivity contribution in [3.63, 3.8) is 0 Å². The monoisotopic (exact) mass is 588 g/mol. The number of amides is 2. The van der Waals surface area contributed by atoms with E-state index in [1.165, 1.54) is 12.0 Å². The zero-order chi connectivity index (χ0) is 30.8. The zero-order valence-electron chi connectivity index (χ0n) is 24.8. The minimum Gasteiger partial charge on any atom is -0.489 e. The third kappa shape index (κ3) is 6.94. The van der Waals surface area contributed by atoms with Crippen molar-refractivity contribution >= 4 is 23.7 Å². The van der Waals surface area contributed by atoms with Crippen molar-refractivity contribution in [3.8, 4) is 11.5 Å². The number of carbonyl (C=O) groups excluding carboxylic acids is 3. The van der Waals surface area contributed by atoms with Crippen LogP contribution in [0.4, 0.5) is 19.3 Å². The number of methoxy groups -OCH3 is 1. The third-order valence-corrected chi connectivity index (χ3v) is 7.33. The predicted octanol–water partition coefficient (Wildman–Crippen LogP) is 5.82. The lowest BCUT2D eigenvalue weighted by atomic mass is 10.0. The molecule has 1 fully saturated rings. The molecule has 4 rings (SSSR count). The Morgan fingerprint density at radius 3 is 2.38 bits per heavy atom. The van der Waals surface area contributed by atoms with Crippen LogP contribution >= 0.6 is 0 Å². The van der Waals surface area contributed by atoms with E-state index >= 15 is 0 Å². The second-order valence-electron chi connectivity index (χ2n) is 11.7. The van der Waals surface area contributed by atoms with Gasteiger partial charge in [0.25, 0.3) is 0 Å². The first-order valence-electron chi connectivity index (χ1n) is 14.0. The van der Waals surface area contributed by atoms with Crippen LogP contribution in [-0.2, 0) is 32.1 Å². The molecule has 2 aromatic carbocycles. The maximum atomic E-state index is 13.8. The predicted molar refractivity (Wildman–Crippen MR) is 151 cm³/mol. The van der Waals surface area contributed by atoms with Gasteiger partial charge in [-0.25, -0.2) is 9.59 Å². The number of nitrogens with zero attached hydrogens (tertiary/aromatic N) is 2. The fourth-order valence-corrected chi connectivity index (χ4v) is 5.28. The molecule has 2 aliphatic heterocycles. The number of halogens is 2. The summed E-state index contributed by atoms with van der Waals surface area (Å²) in [7, 11) is 1.24. The van der Waals surface area contributed by atoms with Gasteiger partial charge in [0.2, 0.25) is 5.91 Å². The second-order valence-corrected chi connectivity index (χ2v) is 11.7. The summed E-state index contributed by atoms with van der Waals surface area (Å²) in [6.45, 7) is 6.54. The third-order valence-electron chi connectivity index (χ3n) is 7.33. The molecule has 0 bridgehead atoms. The molecule has 2 atom stereocenters. The molecule has 0 N–H and O–H groups in total. The number of ether oxygens (including phenoxy) is 4. The molecule has 42 heavy (non-hydrogen) atoms. The van der Waals surface area contributed by atoms with Gasteiger partial charge in [-0.05, 0) is 81.3 Å². The minimum absolute atomic E-state index is 0.0176. The summed E-state index contributed by atoms with van der Waals surface area (Å²) in [5.41, 5.74) is 2.10. The number of rotatable bonds is 8. The van der Waals surface area contributed by atoms with E-state index < -0.39 is 36.4 Å². The summed E-state index contributed by atoms with van der Waals surface area (Å²) < 4.78 is 47.2. The summed E-state index contributed by atoms with van der Waals surface area (Å²) in [5.74, 6) is -0.167. The SMILES string of the molecule is COC(=O)[C@@H]1CC[C@@H](C(=O)N2CCc3cc(OCc4ccc(C(C)C)cc4OC(F)F)ccc32)N1C(=O)OC(C)(C)C. The van der Waals surface area contributed by atoms with Crippen molar-refractivity contribution in [2.45, 2.75) is 90.7 Å². The highest BCUT2D eigenvalue weighted by atomic mass is 19.3. The van der Waals surface area contributed by atoms with E-state index in [1.54, 1.807) is 49.9 Å². The van der Waals surface area contributed by atoms with Crippen LogP contribution in [-0.4, -0.2) is 60.8 Å². The van der Waals surface area contributed by atoms with Crippen LogP contribution < -0.4 is 14.4 Å². The summed E-state index contributed by atoms with van der Waals surface area (Å²) in [5, 5.41) is 0. The normalized spacial score (nSPS) is 18.3. The summed E-state index contributed by atoms with van der Waals surface area (Å²) >= 11 is 0. The van der Waals surface area contributed by atoms with Gasteiger partial charge in [0.15, 0.2) is 0 Å². The highest BCUT2D eigenvalue weighted by Crippen LogP contribution is 2.36. The fourth-order valence-electron chi connectivity index (χ4n) is 5.28. The highest BCUT2D eigenvalue weighted by molar-refractivity contribution is 6.01. The minimum atomic E-state index is -2.95. The number of fused-ring (bicyclic) bond motifs is 1. The van der Waals surface area contributed by atoms with Crippen molar-refractivity contribution < 1.29 is 42.1 Å². The number of alkyl halides is 2. The first kappa shape index (κ1) is 31.1. The molecule has 2 aromatic rings. The molecule has 228 valence electrons. The van der Waals surface area contributed by atoms with Crippen molar-refractivity contribution in [3.05, 3.63) is 53.1 Å². The summed E-state index contributed by atoms with van der Waals surface area (Å²) in [6.07, 6.45) is 0.392. The van der Waals surface area contributed by atoms with E-state index in [4.69, 9.17) is 18.9 Å². The molecule has 0 aromatic heterocycles. The van der Waals surface area contributed by atoms with Gasteiger partial charge in [-0.1, -0.05) is 26.0 Å². The lowest BCUT2D eigenvalue weighted by molar-refractivity contribution is -0.146. The molecular weight excluding hydrogens is 550 g/mol. The molecule has 9 nitrogen and oxygen atoms in total. The smallest absolute Gasteiger partial charge is 0.411 e. The van der Waals surface area contributed by atoms with E-state index in [0.717, 1.165) is 11.1 Å². The Morgan fingerprint density at radius 1 is 1.02 bits per heavy atom. The van der Waals surface area contributed by atoms with Gasteiger partial charge in [-0.15, -0.1) is 0 Å². The zero-order valence-corrected chi connectivity index (χ0v) is 24.8. The highest BCUT2D eigenvalue weighted by Gasteiger charge is 2.48. The Kier molecular flexibility index (Phi) is 9.27. The van der Waals surface area contributed by atoms with E-state index in [9.17, 15) is 23.2 Å². The number of carbonyl (C=O) groups is 3. The molecule has 0 saturated carbocycles. The van der Waals surface area contributed by atoms with E-state index in [-0.39, 0.29) is 30.6 Å². The van der Waals surface area contributed by atoms with Gasteiger partial charge in [0, 0.05) is 17.8 Å². The van der Waals surface area contributed by atoms with Crippen molar-refractivity contribution in [2.75, 3.05) is 18.6 Å². The van der Waals surface area contributed by atoms with E-state index in [0.29, 0.717) is 36.4 Å². The van der Waals surface area contributed by atoms with Crippen LogP contribution in [0, 0.1) is 0 Å². The van der Waals surface area contributed by atoms with Gasteiger partial charge in [-0.2, -0.15) is 8.78 Å². The number of likely N-dealkylation sites (tertiary alicyclic amines) is 1. The topological polar surface area (TPSA) is 94.6 Å². The quantitative estimate of drug-likeness (QED) is 0.359. The lowest BCUT2D eigenvalue weighted by Gasteiger charge is -2.32. The first-order chi connectivity index (χ1) is 19.8. The number of hydrogen-bond donors (Lipinski definition) is 0. The molecule has 0 aliphatic carbocycles. The van der Waals surface area contributed by atoms with Crippen LogP contribution in [0.25, 0.3) is 0 Å². The first-order valence-corrected chi connectivity index (χ1v) is 14.0. The van der Waals surface area contributed by atoms with Gasteiger partial charge in [0.05, 0.1) is 7.11 Å². The maximum Gasteiger partial charge on any atom is 0.411 e. The summed E-state index contributed by atoms with van der Waals surface area (Å²) in [6, 6.07) is 8.68. The number of benzene rings is 2. The molecule has 1 saturated heterocycles. The van der Waals surface area contributed by atoms with Gasteiger partial charge in [0.1, 0.15) is 35.8 Å². The van der Waals surface area contributed by atoms with Crippen LogP contribution in [0.15, 0.2) is 36.4 Å². The van der Waals surface area contributed by atoms with Crippen LogP contribution in [0.5, 0.6) is 11.5 Å². The van der Waals surface area contributed by atoms with Crippen LogP contribution in [0.1, 0.15) is 70.1 Å². The molecule has 0 unspecified atom stereocenters. The number of hydrogen-bond acceptors (Lipinski definition) is 7. The largest absolute Gasteiger partial charge is 0.489 e. The number of anilines is 1. The average molecular weight is 589 g/mol. The average Bonchev–Trinajstić information content (AvgIpc) is 3.55. The van der Waals surface area contributed by atoms with Gasteiger partial charge in [-0.3, -0.25) is 9.69 Å². The maximum absolute atomic E-state index is 13.8. The van der Waals surface area contributed by atoms with Gasteiger partial charge >= 0.3 is 18.7 Å². The molecule has 11 heteroatoms. The summed E-state index contributed by atoms with van der Waals surface area (Å²) in [4.78, 5) is 42.1. The Balaban J connectivity index is 1.50. The molecule has 2 amide bonds. The van der Waals surface area contributed by atoms with Crippen molar-refractivity contribution in [2.24, 2.45) is 0 Å². The van der Waals surface area contributed by atoms with Crippen LogP contribution in [0.2, 0.25) is 0 Å². The van der Waals surface area contributed by atoms with Crippen molar-refractivity contribution in [1.29, 1.82) is 0 Å². The molecule has 0 spiro atoms. The standard InChI is InChI=1S/C31H38F2N2O7/c1-18(2)19-7-8-21(26(16-19)41-29(32)33)17-40-22-9-10-23-20(15-22)13-14-34(23)27(36)24-11-12-25(28(37)39-6)35(24)30(38)42-31(3,4)5/h7-10,15-16,18,24-25,29H,11-14,17H2,1-6H3/t24-,25-/m0/s1. The Bertz CT molecular complexity index is 1320. The Hall–Kier alpha value is -3.89.